The minimum Gasteiger partial charge on any atom is -0.472 e. The normalized spacial score (nSPS) is 35.1. The van der Waals surface area contributed by atoms with Crippen LogP contribution in [0.15, 0.2) is 12.3 Å². The Bertz CT molecular complexity index is 1100. The summed E-state index contributed by atoms with van der Waals surface area (Å²) in [5.41, 5.74) is -1.25. The van der Waals surface area contributed by atoms with E-state index in [4.69, 9.17) is 42.6 Å². The van der Waals surface area contributed by atoms with Crippen LogP contribution in [-0.2, 0) is 71.4 Å². The third-order valence-corrected chi connectivity index (χ3v) is 6.87. The summed E-state index contributed by atoms with van der Waals surface area (Å²) in [6.07, 6.45) is -5.96. The fourth-order valence-electron chi connectivity index (χ4n) is 5.64. The molecule has 15 heteroatoms. The fourth-order valence-corrected chi connectivity index (χ4v) is 5.64. The van der Waals surface area contributed by atoms with E-state index in [2.05, 4.69) is 0 Å². The Morgan fingerprint density at radius 2 is 1.31 bits per heavy atom. The van der Waals surface area contributed by atoms with Crippen LogP contribution in [0.1, 0.15) is 54.9 Å². The summed E-state index contributed by atoms with van der Waals surface area (Å²) in [6, 6.07) is 0. The number of hydrogen-bond donors (Lipinski definition) is 0. The highest BCUT2D eigenvalue weighted by Crippen LogP contribution is 2.50. The van der Waals surface area contributed by atoms with Crippen LogP contribution in [0.5, 0.6) is 0 Å². The number of fused-ring (bicyclic) bond motifs is 1. The molecule has 10 atom stereocenters. The van der Waals surface area contributed by atoms with Crippen LogP contribution in [0.3, 0.4) is 0 Å². The zero-order valence-electron chi connectivity index (χ0n) is 24.4. The van der Waals surface area contributed by atoms with Crippen LogP contribution in [0.4, 0.5) is 0 Å². The monoisotopic (exact) mass is 600 g/mol. The van der Waals surface area contributed by atoms with E-state index in [-0.39, 0.29) is 6.42 Å². The van der Waals surface area contributed by atoms with Crippen LogP contribution >= 0.6 is 0 Å². The second kappa shape index (κ2) is 13.5. The van der Waals surface area contributed by atoms with Gasteiger partial charge in [0.25, 0.3) is 0 Å². The third kappa shape index (κ3) is 7.97. The van der Waals surface area contributed by atoms with E-state index in [9.17, 15) is 28.8 Å². The molecule has 3 aliphatic rings. The average Bonchev–Trinajstić information content (AvgIpc) is 3.11. The Labute approximate surface area is 242 Å². The third-order valence-electron chi connectivity index (χ3n) is 6.87. The first-order valence-electron chi connectivity index (χ1n) is 13.3. The first-order valence-corrected chi connectivity index (χ1v) is 13.3. The zero-order valence-corrected chi connectivity index (χ0v) is 24.4. The predicted molar refractivity (Wildman–Crippen MR) is 134 cm³/mol. The molecule has 234 valence electrons. The van der Waals surface area contributed by atoms with Crippen LogP contribution in [0, 0.1) is 11.8 Å². The van der Waals surface area contributed by atoms with E-state index in [1.54, 1.807) is 13.0 Å². The highest BCUT2D eigenvalue weighted by atomic mass is 16.8. The smallest absolute Gasteiger partial charge is 0.303 e. The molecule has 0 aromatic heterocycles. The molecule has 0 N–H and O–H groups in total. The summed E-state index contributed by atoms with van der Waals surface area (Å²) < 4.78 is 50.6. The van der Waals surface area contributed by atoms with Gasteiger partial charge in [-0.15, -0.1) is 0 Å². The second-order valence-electron chi connectivity index (χ2n) is 10.4. The van der Waals surface area contributed by atoms with Gasteiger partial charge in [-0.1, -0.05) is 0 Å². The van der Waals surface area contributed by atoms with Crippen molar-refractivity contribution in [1.29, 1.82) is 0 Å². The second-order valence-corrected chi connectivity index (χ2v) is 10.4. The maximum absolute atomic E-state index is 12.2. The standard InChI is InChI=1S/C27H36O15/c1-12(28)35-11-20-22(37-14(3)30)23(38-15(4)31)24(39-16(5)32)26(40-20)41-25-21-18(8-9-34-25)19(36-13(2)29)10-27(21,7)42-17(6)33/h8-9,18-26H,10-11H2,1-7H3/t18-,19+,20+,21-,22+,23-,24+,25+,26-,27-/m0/s1. The molecule has 0 spiro atoms. The molecule has 3 rings (SSSR count). The van der Waals surface area contributed by atoms with Crippen LogP contribution in [-0.4, -0.2) is 91.1 Å². The number of rotatable bonds is 9. The number of ether oxygens (including phenoxy) is 9. The lowest BCUT2D eigenvalue weighted by molar-refractivity contribution is -0.348. The van der Waals surface area contributed by atoms with E-state index in [0.29, 0.717) is 0 Å². The minimum atomic E-state index is -1.54. The quantitative estimate of drug-likeness (QED) is 0.268. The van der Waals surface area contributed by atoms with Gasteiger partial charge in [-0.3, -0.25) is 28.8 Å². The maximum Gasteiger partial charge on any atom is 0.303 e. The van der Waals surface area contributed by atoms with Crippen molar-refractivity contribution in [3.8, 4) is 0 Å². The van der Waals surface area contributed by atoms with E-state index in [1.807, 2.05) is 0 Å². The zero-order chi connectivity index (χ0) is 31.4. The first kappa shape index (κ1) is 32.8. The lowest BCUT2D eigenvalue weighted by Gasteiger charge is -2.46. The maximum atomic E-state index is 12.2. The van der Waals surface area contributed by atoms with Crippen LogP contribution in [0.25, 0.3) is 0 Å². The summed E-state index contributed by atoms with van der Waals surface area (Å²) in [4.78, 5) is 71.8. The number of hydrogen-bond acceptors (Lipinski definition) is 15. The van der Waals surface area contributed by atoms with Gasteiger partial charge in [-0.2, -0.15) is 0 Å². The number of carbonyl (C=O) groups is 6. The SMILES string of the molecule is CC(=O)OC[C@H]1O[C@@H](O[C@H]2OC=C[C@@H]3[C@@H]2[C@@](C)(OC(C)=O)C[C@H]3OC(C)=O)[C@H](OC(C)=O)[C@@H](OC(C)=O)[C@@H]1OC(C)=O. The molecule has 0 amide bonds. The van der Waals surface area contributed by atoms with Gasteiger partial charge in [-0.05, 0) is 13.0 Å². The number of esters is 6. The first-order chi connectivity index (χ1) is 19.6. The molecule has 1 saturated heterocycles. The van der Waals surface area contributed by atoms with E-state index < -0.39 is 103 Å². The van der Waals surface area contributed by atoms with Crippen LogP contribution < -0.4 is 0 Å². The molecule has 0 radical (unpaired) electrons. The Hall–Kier alpha value is -3.72. The molecule has 0 aromatic rings. The molecular formula is C27H36O15. The highest BCUT2D eigenvalue weighted by Gasteiger charge is 2.61. The van der Waals surface area contributed by atoms with Crippen molar-refractivity contribution in [2.24, 2.45) is 11.8 Å². The minimum absolute atomic E-state index is 0.119. The molecule has 42 heavy (non-hydrogen) atoms. The molecule has 0 aromatic carbocycles. The highest BCUT2D eigenvalue weighted by molar-refractivity contribution is 5.69. The van der Waals surface area contributed by atoms with Gasteiger partial charge in [0.05, 0.1) is 12.2 Å². The topological polar surface area (TPSA) is 185 Å². The van der Waals surface area contributed by atoms with Crippen molar-refractivity contribution in [3.63, 3.8) is 0 Å². The molecule has 2 aliphatic heterocycles. The Balaban J connectivity index is 2.03. The summed E-state index contributed by atoms with van der Waals surface area (Å²) in [6.45, 7) is 8.13. The van der Waals surface area contributed by atoms with Gasteiger partial charge in [0.2, 0.25) is 12.6 Å². The van der Waals surface area contributed by atoms with Gasteiger partial charge in [-0.25, -0.2) is 0 Å². The summed E-state index contributed by atoms with van der Waals surface area (Å²) in [5.74, 6) is -5.49. The van der Waals surface area contributed by atoms with Gasteiger partial charge in [0.15, 0.2) is 18.3 Å². The molecule has 15 nitrogen and oxygen atoms in total. The Morgan fingerprint density at radius 3 is 1.86 bits per heavy atom. The van der Waals surface area contributed by atoms with Crippen molar-refractivity contribution >= 4 is 35.8 Å². The fraction of sp³-hybridized carbons (Fsp3) is 0.704. The van der Waals surface area contributed by atoms with Gasteiger partial charge >= 0.3 is 35.8 Å². The van der Waals surface area contributed by atoms with Crippen LogP contribution in [0.2, 0.25) is 0 Å². The van der Waals surface area contributed by atoms with Gasteiger partial charge in [0, 0.05) is 53.9 Å². The van der Waals surface area contributed by atoms with E-state index >= 15 is 0 Å². The van der Waals surface area contributed by atoms with E-state index in [0.717, 1.165) is 27.7 Å². The molecule has 2 fully saturated rings. The summed E-state index contributed by atoms with van der Waals surface area (Å²) >= 11 is 0. The van der Waals surface area contributed by atoms with Crippen molar-refractivity contribution in [2.45, 2.75) is 104 Å². The van der Waals surface area contributed by atoms with E-state index in [1.165, 1.54) is 20.1 Å². The van der Waals surface area contributed by atoms with Gasteiger partial charge in [0.1, 0.15) is 24.4 Å². The van der Waals surface area contributed by atoms with Crippen molar-refractivity contribution < 1.29 is 71.4 Å². The van der Waals surface area contributed by atoms with Crippen molar-refractivity contribution in [2.75, 3.05) is 6.61 Å². The largest absolute Gasteiger partial charge is 0.472 e. The van der Waals surface area contributed by atoms with Crippen molar-refractivity contribution in [3.05, 3.63) is 12.3 Å². The molecule has 0 bridgehead atoms. The average molecular weight is 601 g/mol. The Morgan fingerprint density at radius 1 is 0.738 bits per heavy atom. The van der Waals surface area contributed by atoms with Crippen molar-refractivity contribution in [1.82, 2.24) is 0 Å². The molecule has 1 saturated carbocycles. The molecular weight excluding hydrogens is 564 g/mol. The summed E-state index contributed by atoms with van der Waals surface area (Å²) in [5, 5.41) is 0. The molecule has 2 heterocycles. The summed E-state index contributed by atoms with van der Waals surface area (Å²) in [7, 11) is 0. The number of carbonyl (C=O) groups excluding carboxylic acids is 6. The Kier molecular flexibility index (Phi) is 10.5. The van der Waals surface area contributed by atoms with Gasteiger partial charge < -0.3 is 42.6 Å². The predicted octanol–water partition coefficient (Wildman–Crippen LogP) is 0.846. The molecule has 0 unspecified atom stereocenters. The molecule has 1 aliphatic carbocycles. The lowest BCUT2D eigenvalue weighted by atomic mass is 9.84. The lowest BCUT2D eigenvalue weighted by Crippen LogP contribution is -2.64.